The van der Waals surface area contributed by atoms with E-state index in [0.29, 0.717) is 23.6 Å². The Morgan fingerprint density at radius 3 is 2.76 bits per heavy atom. The quantitative estimate of drug-likeness (QED) is 0.758. The topological polar surface area (TPSA) is 61.4 Å². The smallest absolute Gasteiger partial charge is 0.319 e. The van der Waals surface area contributed by atoms with Crippen LogP contribution in [0.1, 0.15) is 18.4 Å². The highest BCUT2D eigenvalue weighted by molar-refractivity contribution is 6.31. The van der Waals surface area contributed by atoms with Crippen LogP contribution in [0.3, 0.4) is 0 Å². The van der Waals surface area contributed by atoms with Gasteiger partial charge < -0.3 is 15.7 Å². The molecule has 4 nitrogen and oxygen atoms in total. The Morgan fingerprint density at radius 1 is 1.47 bits per heavy atom. The van der Waals surface area contributed by atoms with Gasteiger partial charge in [-0.2, -0.15) is 0 Å². The molecule has 1 aromatic rings. The van der Waals surface area contributed by atoms with Crippen LogP contribution in [0.2, 0.25) is 5.02 Å². The first-order chi connectivity index (χ1) is 8.04. The second kappa shape index (κ2) is 4.94. The van der Waals surface area contributed by atoms with Crippen LogP contribution in [-0.4, -0.2) is 23.3 Å². The Hall–Kier alpha value is -1.26. The lowest BCUT2D eigenvalue weighted by molar-refractivity contribution is 0.0671. The van der Waals surface area contributed by atoms with Crippen LogP contribution < -0.4 is 10.6 Å². The number of aryl methyl sites for hydroxylation is 1. The fourth-order valence-electron chi connectivity index (χ4n) is 1.73. The van der Waals surface area contributed by atoms with Crippen molar-refractivity contribution in [3.05, 3.63) is 28.8 Å². The Labute approximate surface area is 105 Å². The number of hydrogen-bond donors (Lipinski definition) is 3. The maximum atomic E-state index is 11.6. The number of amides is 2. The lowest BCUT2D eigenvalue weighted by Crippen LogP contribution is -2.48. The molecule has 1 aromatic carbocycles. The van der Waals surface area contributed by atoms with E-state index < -0.39 is 0 Å². The van der Waals surface area contributed by atoms with Crippen LogP contribution in [0.4, 0.5) is 10.5 Å². The molecule has 92 valence electrons. The molecule has 2 rings (SSSR count). The molecule has 1 aliphatic rings. The van der Waals surface area contributed by atoms with E-state index in [9.17, 15) is 4.79 Å². The van der Waals surface area contributed by atoms with Crippen LogP contribution in [0.15, 0.2) is 18.2 Å². The first-order valence-corrected chi connectivity index (χ1v) is 5.94. The molecule has 0 aromatic heterocycles. The predicted octanol–water partition coefficient (Wildman–Crippen LogP) is 2.29. The van der Waals surface area contributed by atoms with E-state index in [2.05, 4.69) is 10.6 Å². The van der Waals surface area contributed by atoms with Crippen LogP contribution in [0.25, 0.3) is 0 Å². The summed E-state index contributed by atoms with van der Waals surface area (Å²) in [6.07, 6.45) is 0.985. The summed E-state index contributed by atoms with van der Waals surface area (Å²) in [7, 11) is 0. The third kappa shape index (κ3) is 3.11. The standard InChI is InChI=1S/C12H15ClN2O2/c1-7-2-3-8(6-11(7)13)14-12(17)15-9-4-10(16)5-9/h2-3,6,9-10,16H,4-5H2,1H3,(H2,14,15,17). The summed E-state index contributed by atoms with van der Waals surface area (Å²) >= 11 is 5.96. The minimum atomic E-state index is -0.269. The number of benzene rings is 1. The summed E-state index contributed by atoms with van der Waals surface area (Å²) < 4.78 is 0. The summed E-state index contributed by atoms with van der Waals surface area (Å²) in [5.41, 5.74) is 1.64. The zero-order valence-corrected chi connectivity index (χ0v) is 10.3. The fourth-order valence-corrected chi connectivity index (χ4v) is 1.91. The fraction of sp³-hybridized carbons (Fsp3) is 0.417. The van der Waals surface area contributed by atoms with E-state index in [-0.39, 0.29) is 18.2 Å². The van der Waals surface area contributed by atoms with Crippen molar-refractivity contribution in [3.8, 4) is 0 Å². The lowest BCUT2D eigenvalue weighted by atomic mass is 9.90. The van der Waals surface area contributed by atoms with Crippen molar-refractivity contribution in [2.24, 2.45) is 0 Å². The number of rotatable bonds is 2. The highest BCUT2D eigenvalue weighted by Gasteiger charge is 2.28. The van der Waals surface area contributed by atoms with Gasteiger partial charge in [0.25, 0.3) is 0 Å². The molecule has 0 heterocycles. The van der Waals surface area contributed by atoms with E-state index in [4.69, 9.17) is 16.7 Å². The molecule has 1 fully saturated rings. The van der Waals surface area contributed by atoms with Gasteiger partial charge in [-0.05, 0) is 37.5 Å². The largest absolute Gasteiger partial charge is 0.393 e. The number of aliphatic hydroxyl groups excluding tert-OH is 1. The van der Waals surface area contributed by atoms with Crippen LogP contribution >= 0.6 is 11.6 Å². The molecule has 0 radical (unpaired) electrons. The van der Waals surface area contributed by atoms with Gasteiger partial charge in [-0.15, -0.1) is 0 Å². The summed E-state index contributed by atoms with van der Waals surface area (Å²) in [4.78, 5) is 11.6. The number of hydrogen-bond acceptors (Lipinski definition) is 2. The van der Waals surface area contributed by atoms with Crippen molar-refractivity contribution in [1.29, 1.82) is 0 Å². The summed E-state index contributed by atoms with van der Waals surface area (Å²) in [5, 5.41) is 15.2. The van der Waals surface area contributed by atoms with Crippen LogP contribution in [0, 0.1) is 6.92 Å². The molecule has 0 saturated heterocycles. The maximum Gasteiger partial charge on any atom is 0.319 e. The van der Waals surface area contributed by atoms with E-state index >= 15 is 0 Å². The van der Waals surface area contributed by atoms with Crippen molar-refractivity contribution in [1.82, 2.24) is 5.32 Å². The first kappa shape index (κ1) is 12.2. The molecule has 0 unspecified atom stereocenters. The van der Waals surface area contributed by atoms with Crippen molar-refractivity contribution in [2.45, 2.75) is 31.9 Å². The molecule has 2 amide bonds. The highest BCUT2D eigenvalue weighted by atomic mass is 35.5. The number of nitrogens with one attached hydrogen (secondary N) is 2. The zero-order valence-electron chi connectivity index (χ0n) is 9.53. The summed E-state index contributed by atoms with van der Waals surface area (Å²) in [6, 6.07) is 5.18. The number of anilines is 1. The average Bonchev–Trinajstić information content (AvgIpc) is 2.21. The summed E-state index contributed by atoms with van der Waals surface area (Å²) in [6.45, 7) is 1.90. The third-order valence-electron chi connectivity index (χ3n) is 2.88. The van der Waals surface area contributed by atoms with Crippen molar-refractivity contribution >= 4 is 23.3 Å². The van der Waals surface area contributed by atoms with E-state index in [0.717, 1.165) is 5.56 Å². The van der Waals surface area contributed by atoms with Gasteiger partial charge in [0.2, 0.25) is 0 Å². The van der Waals surface area contributed by atoms with Gasteiger partial charge in [0.1, 0.15) is 0 Å². The predicted molar refractivity (Wildman–Crippen MR) is 67.4 cm³/mol. The third-order valence-corrected chi connectivity index (χ3v) is 3.29. The second-order valence-electron chi connectivity index (χ2n) is 4.38. The van der Waals surface area contributed by atoms with Gasteiger partial charge in [0.15, 0.2) is 0 Å². The Kier molecular flexibility index (Phi) is 3.54. The molecule has 5 heteroatoms. The van der Waals surface area contributed by atoms with Gasteiger partial charge in [0.05, 0.1) is 6.10 Å². The highest BCUT2D eigenvalue weighted by Crippen LogP contribution is 2.21. The number of aliphatic hydroxyl groups is 1. The Morgan fingerprint density at radius 2 is 2.18 bits per heavy atom. The lowest BCUT2D eigenvalue weighted by Gasteiger charge is -2.31. The molecule has 3 N–H and O–H groups in total. The van der Waals surface area contributed by atoms with Crippen molar-refractivity contribution in [3.63, 3.8) is 0 Å². The number of urea groups is 1. The SMILES string of the molecule is Cc1ccc(NC(=O)NC2CC(O)C2)cc1Cl. The monoisotopic (exact) mass is 254 g/mol. The van der Waals surface area contributed by atoms with Gasteiger partial charge in [-0.1, -0.05) is 17.7 Å². The average molecular weight is 255 g/mol. The number of carbonyl (C=O) groups is 1. The minimum absolute atomic E-state index is 0.0749. The van der Waals surface area contributed by atoms with Crippen LogP contribution in [-0.2, 0) is 0 Å². The molecular weight excluding hydrogens is 240 g/mol. The Bertz CT molecular complexity index is 431. The molecule has 0 bridgehead atoms. The second-order valence-corrected chi connectivity index (χ2v) is 4.79. The molecule has 0 aliphatic heterocycles. The summed E-state index contributed by atoms with van der Waals surface area (Å²) in [5.74, 6) is 0. The van der Waals surface area contributed by atoms with Gasteiger partial charge >= 0.3 is 6.03 Å². The van der Waals surface area contributed by atoms with Gasteiger partial charge in [-0.3, -0.25) is 0 Å². The molecular formula is C12H15ClN2O2. The normalized spacial score (nSPS) is 22.8. The molecule has 1 aliphatic carbocycles. The van der Waals surface area contributed by atoms with Crippen molar-refractivity contribution < 1.29 is 9.90 Å². The van der Waals surface area contributed by atoms with E-state index in [1.165, 1.54) is 0 Å². The zero-order chi connectivity index (χ0) is 12.4. The van der Waals surface area contributed by atoms with Crippen molar-refractivity contribution in [2.75, 3.05) is 5.32 Å². The van der Waals surface area contributed by atoms with Gasteiger partial charge in [-0.25, -0.2) is 4.79 Å². The van der Waals surface area contributed by atoms with Gasteiger partial charge in [0, 0.05) is 16.8 Å². The minimum Gasteiger partial charge on any atom is -0.393 e. The van der Waals surface area contributed by atoms with E-state index in [1.807, 2.05) is 13.0 Å². The van der Waals surface area contributed by atoms with E-state index in [1.54, 1.807) is 12.1 Å². The number of carbonyl (C=O) groups excluding carboxylic acids is 1. The molecule has 0 spiro atoms. The number of halogens is 1. The maximum absolute atomic E-state index is 11.6. The molecule has 17 heavy (non-hydrogen) atoms. The Balaban J connectivity index is 1.87. The first-order valence-electron chi connectivity index (χ1n) is 5.56. The molecule has 0 atom stereocenters. The van der Waals surface area contributed by atoms with Crippen LogP contribution in [0.5, 0.6) is 0 Å². The molecule has 1 saturated carbocycles.